The zero-order valence-corrected chi connectivity index (χ0v) is 10.7. The average Bonchev–Trinajstić information content (AvgIpc) is 2.56. The lowest BCUT2D eigenvalue weighted by atomic mass is 10.4. The number of nitrogens with one attached hydrogen (secondary N) is 2. The Balaban J connectivity index is 2.55. The number of amides is 1. The van der Waals surface area contributed by atoms with Crippen LogP contribution in [0.3, 0.4) is 0 Å². The van der Waals surface area contributed by atoms with Crippen molar-refractivity contribution in [2.75, 3.05) is 11.9 Å². The summed E-state index contributed by atoms with van der Waals surface area (Å²) in [5.41, 5.74) is 0.453. The molecule has 1 aromatic rings. The molecule has 0 unspecified atom stereocenters. The molecule has 3 N–H and O–H groups in total. The first-order chi connectivity index (χ1) is 7.90. The van der Waals surface area contributed by atoms with Gasteiger partial charge in [0.25, 0.3) is 0 Å². The van der Waals surface area contributed by atoms with Crippen LogP contribution in [0.2, 0.25) is 0 Å². The summed E-state index contributed by atoms with van der Waals surface area (Å²) in [5, 5.41) is 14.8. The van der Waals surface area contributed by atoms with Crippen LogP contribution in [-0.4, -0.2) is 34.6 Å². The molecule has 0 aliphatic heterocycles. The summed E-state index contributed by atoms with van der Waals surface area (Å²) in [5.74, 6) is -1.15. The Bertz CT molecular complexity index is 428. The van der Waals surface area contributed by atoms with Gasteiger partial charge in [0.1, 0.15) is 4.88 Å². The van der Waals surface area contributed by atoms with Gasteiger partial charge < -0.3 is 15.7 Å². The van der Waals surface area contributed by atoms with Crippen LogP contribution in [-0.2, 0) is 4.79 Å². The van der Waals surface area contributed by atoms with Gasteiger partial charge in [0.05, 0.1) is 12.2 Å². The minimum Gasteiger partial charge on any atom is -0.477 e. The molecule has 0 aliphatic carbocycles. The summed E-state index contributed by atoms with van der Waals surface area (Å²) in [6.07, 6.45) is 0. The second kappa shape index (κ2) is 5.62. The Morgan fingerprint density at radius 2 is 2.12 bits per heavy atom. The number of nitrogens with zero attached hydrogens (tertiary/aromatic N) is 1. The van der Waals surface area contributed by atoms with E-state index in [1.54, 1.807) is 6.92 Å². The number of anilines is 1. The molecule has 0 fully saturated rings. The Labute approximate surface area is 103 Å². The van der Waals surface area contributed by atoms with Crippen LogP contribution < -0.4 is 10.6 Å². The maximum Gasteiger partial charge on any atom is 0.347 e. The highest BCUT2D eigenvalue weighted by Gasteiger charge is 2.14. The number of hydrogen-bond acceptors (Lipinski definition) is 5. The molecule has 1 aromatic heterocycles. The summed E-state index contributed by atoms with van der Waals surface area (Å²) in [4.78, 5) is 26.3. The summed E-state index contributed by atoms with van der Waals surface area (Å²) in [6.45, 7) is 5.45. The Hall–Kier alpha value is -1.63. The minimum absolute atomic E-state index is 0.0805. The molecular weight excluding hydrogens is 242 g/mol. The monoisotopic (exact) mass is 257 g/mol. The first-order valence-corrected chi connectivity index (χ1v) is 5.95. The van der Waals surface area contributed by atoms with Crippen molar-refractivity contribution in [3.63, 3.8) is 0 Å². The molecule has 1 amide bonds. The highest BCUT2D eigenvalue weighted by atomic mass is 32.1. The van der Waals surface area contributed by atoms with Gasteiger partial charge in [-0.3, -0.25) is 4.79 Å². The van der Waals surface area contributed by atoms with E-state index in [0.717, 1.165) is 11.3 Å². The maximum atomic E-state index is 11.3. The molecule has 17 heavy (non-hydrogen) atoms. The molecule has 0 spiro atoms. The van der Waals surface area contributed by atoms with E-state index in [4.69, 9.17) is 5.11 Å². The number of carbonyl (C=O) groups is 2. The molecule has 0 atom stereocenters. The number of hydrogen-bond donors (Lipinski definition) is 3. The standard InChI is InChI=1S/C10H15N3O3S/c1-5(2)12-7(14)4-11-10-13-6(3)8(17-10)9(15)16/h5H,4H2,1-3H3,(H,11,13)(H,12,14)(H,15,16). The average molecular weight is 257 g/mol. The van der Waals surface area contributed by atoms with Crippen LogP contribution in [0, 0.1) is 6.92 Å². The second-order valence-electron chi connectivity index (χ2n) is 3.81. The van der Waals surface area contributed by atoms with Crippen molar-refractivity contribution in [1.82, 2.24) is 10.3 Å². The highest BCUT2D eigenvalue weighted by Crippen LogP contribution is 2.21. The van der Waals surface area contributed by atoms with Gasteiger partial charge in [-0.05, 0) is 20.8 Å². The number of aryl methyl sites for hydroxylation is 1. The SMILES string of the molecule is Cc1nc(NCC(=O)NC(C)C)sc1C(=O)O. The van der Waals surface area contributed by atoms with Crippen molar-refractivity contribution < 1.29 is 14.7 Å². The normalized spacial score (nSPS) is 10.4. The predicted octanol–water partition coefficient (Wildman–Crippen LogP) is 1.09. The van der Waals surface area contributed by atoms with Gasteiger partial charge in [0, 0.05) is 6.04 Å². The lowest BCUT2D eigenvalue weighted by Gasteiger charge is -2.08. The molecule has 0 aliphatic rings. The first-order valence-electron chi connectivity index (χ1n) is 5.14. The van der Waals surface area contributed by atoms with Gasteiger partial charge in [0.15, 0.2) is 5.13 Å². The van der Waals surface area contributed by atoms with E-state index in [0.29, 0.717) is 10.8 Å². The number of rotatable bonds is 5. The fraction of sp³-hybridized carbons (Fsp3) is 0.500. The molecule has 0 saturated carbocycles. The largest absolute Gasteiger partial charge is 0.477 e. The van der Waals surface area contributed by atoms with Crippen LogP contribution in [0.1, 0.15) is 29.2 Å². The highest BCUT2D eigenvalue weighted by molar-refractivity contribution is 7.17. The first kappa shape index (κ1) is 13.4. The molecule has 1 rings (SSSR count). The third-order valence-corrected chi connectivity index (χ3v) is 2.94. The third-order valence-electron chi connectivity index (χ3n) is 1.84. The molecule has 1 heterocycles. The zero-order chi connectivity index (χ0) is 13.0. The van der Waals surface area contributed by atoms with E-state index < -0.39 is 5.97 Å². The molecule has 94 valence electrons. The van der Waals surface area contributed by atoms with E-state index in [-0.39, 0.29) is 23.4 Å². The maximum absolute atomic E-state index is 11.3. The quantitative estimate of drug-likeness (QED) is 0.734. The fourth-order valence-corrected chi connectivity index (χ4v) is 2.00. The molecule has 0 bridgehead atoms. The van der Waals surface area contributed by atoms with Crippen molar-refractivity contribution in [3.8, 4) is 0 Å². The Morgan fingerprint density at radius 3 is 2.59 bits per heavy atom. The van der Waals surface area contributed by atoms with Gasteiger partial charge in [-0.1, -0.05) is 11.3 Å². The molecule has 0 aromatic carbocycles. The molecule has 0 saturated heterocycles. The van der Waals surface area contributed by atoms with Gasteiger partial charge >= 0.3 is 5.97 Å². The van der Waals surface area contributed by atoms with Crippen molar-refractivity contribution in [1.29, 1.82) is 0 Å². The summed E-state index contributed by atoms with van der Waals surface area (Å²) >= 11 is 1.03. The minimum atomic E-state index is -1.00. The molecule has 0 radical (unpaired) electrons. The Morgan fingerprint density at radius 1 is 1.47 bits per heavy atom. The fourth-order valence-electron chi connectivity index (χ4n) is 1.20. The predicted molar refractivity (Wildman–Crippen MR) is 65.6 cm³/mol. The number of thiazole rings is 1. The zero-order valence-electron chi connectivity index (χ0n) is 9.90. The lowest BCUT2D eigenvalue weighted by molar-refractivity contribution is -0.119. The van der Waals surface area contributed by atoms with Crippen LogP contribution in [0.4, 0.5) is 5.13 Å². The number of aromatic nitrogens is 1. The van der Waals surface area contributed by atoms with Crippen LogP contribution in [0.5, 0.6) is 0 Å². The van der Waals surface area contributed by atoms with E-state index >= 15 is 0 Å². The third kappa shape index (κ3) is 4.03. The van der Waals surface area contributed by atoms with Crippen molar-refractivity contribution >= 4 is 28.3 Å². The van der Waals surface area contributed by atoms with Gasteiger partial charge in [-0.25, -0.2) is 9.78 Å². The second-order valence-corrected chi connectivity index (χ2v) is 4.81. The van der Waals surface area contributed by atoms with Crippen LogP contribution in [0.15, 0.2) is 0 Å². The number of carbonyl (C=O) groups excluding carboxylic acids is 1. The topological polar surface area (TPSA) is 91.3 Å². The van der Waals surface area contributed by atoms with Gasteiger partial charge in [-0.2, -0.15) is 0 Å². The van der Waals surface area contributed by atoms with E-state index in [9.17, 15) is 9.59 Å². The van der Waals surface area contributed by atoms with Gasteiger partial charge in [-0.15, -0.1) is 0 Å². The van der Waals surface area contributed by atoms with Crippen LogP contribution in [0.25, 0.3) is 0 Å². The van der Waals surface area contributed by atoms with E-state index in [1.807, 2.05) is 13.8 Å². The van der Waals surface area contributed by atoms with Crippen LogP contribution >= 0.6 is 11.3 Å². The number of carboxylic acids is 1. The summed E-state index contributed by atoms with van der Waals surface area (Å²) < 4.78 is 0. The smallest absolute Gasteiger partial charge is 0.347 e. The lowest BCUT2D eigenvalue weighted by Crippen LogP contribution is -2.34. The molecule has 7 heteroatoms. The number of aromatic carboxylic acids is 1. The van der Waals surface area contributed by atoms with Crippen molar-refractivity contribution in [2.45, 2.75) is 26.8 Å². The van der Waals surface area contributed by atoms with E-state index in [1.165, 1.54) is 0 Å². The molecular formula is C10H15N3O3S. The summed E-state index contributed by atoms with van der Waals surface area (Å²) in [6, 6.07) is 0.0805. The van der Waals surface area contributed by atoms with Crippen molar-refractivity contribution in [3.05, 3.63) is 10.6 Å². The van der Waals surface area contributed by atoms with Gasteiger partial charge in [0.2, 0.25) is 5.91 Å². The van der Waals surface area contributed by atoms with Crippen molar-refractivity contribution in [2.24, 2.45) is 0 Å². The molecule has 6 nitrogen and oxygen atoms in total. The Kier molecular flexibility index (Phi) is 4.45. The van der Waals surface area contributed by atoms with E-state index in [2.05, 4.69) is 15.6 Å². The number of carboxylic acid groups (broad SMARTS) is 1. The summed E-state index contributed by atoms with van der Waals surface area (Å²) in [7, 11) is 0.